The van der Waals surface area contributed by atoms with Crippen LogP contribution in [0.4, 0.5) is 17.6 Å². The van der Waals surface area contributed by atoms with Gasteiger partial charge in [-0.05, 0) is 36.8 Å². The first kappa shape index (κ1) is 19.4. The summed E-state index contributed by atoms with van der Waals surface area (Å²) < 4.78 is 10.4. The van der Waals surface area contributed by atoms with Gasteiger partial charge in [0.05, 0.1) is 7.11 Å². The Hall–Kier alpha value is -3.39. The van der Waals surface area contributed by atoms with Crippen LogP contribution in [0.1, 0.15) is 21.7 Å². The standard InChI is InChI=1S/C19H18ClN5O3/c1-11-5-3-4-6-14(11)22-19-24-16(23-18(21)25-19)10-28-17(26)13-9-12(20)7-8-15(13)27-2/h3-9H,10H2,1-2H3,(H3,21,22,23,24,25). The minimum absolute atomic E-state index is 0.0115. The molecule has 9 heteroatoms. The van der Waals surface area contributed by atoms with Gasteiger partial charge in [-0.3, -0.25) is 0 Å². The van der Waals surface area contributed by atoms with Crippen LogP contribution in [0.25, 0.3) is 0 Å². The van der Waals surface area contributed by atoms with Gasteiger partial charge in [-0.25, -0.2) is 4.79 Å². The fourth-order valence-electron chi connectivity index (χ4n) is 2.44. The molecule has 3 rings (SSSR count). The molecule has 0 aliphatic rings. The Kier molecular flexibility index (Phi) is 5.90. The molecule has 0 saturated carbocycles. The highest BCUT2D eigenvalue weighted by molar-refractivity contribution is 6.31. The third-order valence-corrected chi connectivity index (χ3v) is 4.04. The summed E-state index contributed by atoms with van der Waals surface area (Å²) in [6.45, 7) is 1.76. The largest absolute Gasteiger partial charge is 0.496 e. The quantitative estimate of drug-likeness (QED) is 0.605. The van der Waals surface area contributed by atoms with Crippen LogP contribution >= 0.6 is 11.6 Å². The van der Waals surface area contributed by atoms with Crippen molar-refractivity contribution in [1.29, 1.82) is 0 Å². The second kappa shape index (κ2) is 8.53. The molecule has 3 aromatic rings. The molecule has 0 amide bonds. The lowest BCUT2D eigenvalue weighted by molar-refractivity contribution is 0.0458. The van der Waals surface area contributed by atoms with Gasteiger partial charge in [-0.15, -0.1) is 0 Å². The highest BCUT2D eigenvalue weighted by Crippen LogP contribution is 2.24. The second-order valence-corrected chi connectivity index (χ2v) is 6.23. The Labute approximate surface area is 166 Å². The van der Waals surface area contributed by atoms with Crippen molar-refractivity contribution in [2.45, 2.75) is 13.5 Å². The molecular weight excluding hydrogens is 382 g/mol. The third-order valence-electron chi connectivity index (χ3n) is 3.80. The number of nitrogens with one attached hydrogen (secondary N) is 1. The number of nitrogens with zero attached hydrogens (tertiary/aromatic N) is 3. The molecular formula is C19H18ClN5O3. The lowest BCUT2D eigenvalue weighted by atomic mass is 10.2. The van der Waals surface area contributed by atoms with Crippen LogP contribution in [0.5, 0.6) is 5.75 Å². The number of rotatable bonds is 6. The van der Waals surface area contributed by atoms with E-state index in [0.29, 0.717) is 10.8 Å². The number of carbonyl (C=O) groups is 1. The Morgan fingerprint density at radius 3 is 2.71 bits per heavy atom. The molecule has 1 aromatic heterocycles. The molecule has 144 valence electrons. The molecule has 0 saturated heterocycles. The van der Waals surface area contributed by atoms with Crippen molar-refractivity contribution in [1.82, 2.24) is 15.0 Å². The first-order valence-corrected chi connectivity index (χ1v) is 8.68. The molecule has 0 bridgehead atoms. The van der Waals surface area contributed by atoms with E-state index in [9.17, 15) is 4.79 Å². The monoisotopic (exact) mass is 399 g/mol. The molecule has 2 aromatic carbocycles. The Morgan fingerprint density at radius 1 is 1.18 bits per heavy atom. The van der Waals surface area contributed by atoms with Gasteiger partial charge in [-0.1, -0.05) is 29.8 Å². The maximum atomic E-state index is 12.4. The zero-order valence-electron chi connectivity index (χ0n) is 15.3. The van der Waals surface area contributed by atoms with Crippen molar-refractivity contribution in [2.75, 3.05) is 18.2 Å². The first-order chi connectivity index (χ1) is 13.5. The third kappa shape index (κ3) is 4.66. The smallest absolute Gasteiger partial charge is 0.342 e. The summed E-state index contributed by atoms with van der Waals surface area (Å²) in [6.07, 6.45) is 0. The number of aromatic nitrogens is 3. The van der Waals surface area contributed by atoms with Crippen molar-refractivity contribution in [3.05, 3.63) is 64.4 Å². The first-order valence-electron chi connectivity index (χ1n) is 8.30. The van der Waals surface area contributed by atoms with E-state index in [1.165, 1.54) is 13.2 Å². The number of aryl methyl sites for hydroxylation is 1. The fourth-order valence-corrected chi connectivity index (χ4v) is 2.61. The van der Waals surface area contributed by atoms with E-state index in [4.69, 9.17) is 26.8 Å². The van der Waals surface area contributed by atoms with Crippen molar-refractivity contribution in [3.8, 4) is 5.75 Å². The number of nitrogens with two attached hydrogens (primary N) is 1. The number of hydrogen-bond acceptors (Lipinski definition) is 8. The average Bonchev–Trinajstić information content (AvgIpc) is 2.67. The zero-order chi connectivity index (χ0) is 20.1. The summed E-state index contributed by atoms with van der Waals surface area (Å²) in [5.74, 6) is 0.210. The van der Waals surface area contributed by atoms with Crippen molar-refractivity contribution in [3.63, 3.8) is 0 Å². The van der Waals surface area contributed by atoms with Gasteiger partial charge in [0.25, 0.3) is 0 Å². The minimum atomic E-state index is -0.619. The van der Waals surface area contributed by atoms with Gasteiger partial charge in [0.1, 0.15) is 11.3 Å². The van der Waals surface area contributed by atoms with Crippen molar-refractivity contribution < 1.29 is 14.3 Å². The van der Waals surface area contributed by atoms with E-state index in [0.717, 1.165) is 11.3 Å². The van der Waals surface area contributed by atoms with Gasteiger partial charge < -0.3 is 20.5 Å². The number of benzene rings is 2. The predicted molar refractivity (Wildman–Crippen MR) is 106 cm³/mol. The summed E-state index contributed by atoms with van der Waals surface area (Å²) in [6, 6.07) is 12.3. The normalized spacial score (nSPS) is 10.4. The lowest BCUT2D eigenvalue weighted by Crippen LogP contribution is -2.12. The zero-order valence-corrected chi connectivity index (χ0v) is 16.0. The minimum Gasteiger partial charge on any atom is -0.496 e. The number of hydrogen-bond donors (Lipinski definition) is 2. The van der Waals surface area contributed by atoms with E-state index in [2.05, 4.69) is 20.3 Å². The van der Waals surface area contributed by atoms with Crippen LogP contribution in [0.3, 0.4) is 0 Å². The van der Waals surface area contributed by atoms with Crippen molar-refractivity contribution in [2.24, 2.45) is 0 Å². The number of anilines is 3. The van der Waals surface area contributed by atoms with E-state index in [1.807, 2.05) is 31.2 Å². The molecule has 0 unspecified atom stereocenters. The molecule has 0 radical (unpaired) electrons. The highest BCUT2D eigenvalue weighted by atomic mass is 35.5. The topological polar surface area (TPSA) is 112 Å². The molecule has 0 fully saturated rings. The number of halogens is 1. The molecule has 0 spiro atoms. The maximum absolute atomic E-state index is 12.4. The number of methoxy groups -OCH3 is 1. The van der Waals surface area contributed by atoms with E-state index in [-0.39, 0.29) is 29.9 Å². The summed E-state index contributed by atoms with van der Waals surface area (Å²) in [4.78, 5) is 24.7. The van der Waals surface area contributed by atoms with E-state index < -0.39 is 5.97 Å². The summed E-state index contributed by atoms with van der Waals surface area (Å²) in [5.41, 5.74) is 7.81. The van der Waals surface area contributed by atoms with Gasteiger partial charge in [-0.2, -0.15) is 15.0 Å². The molecule has 1 heterocycles. The number of ether oxygens (including phenoxy) is 2. The average molecular weight is 400 g/mol. The van der Waals surface area contributed by atoms with Crippen LogP contribution in [0.2, 0.25) is 5.02 Å². The van der Waals surface area contributed by atoms with Gasteiger partial charge in [0.15, 0.2) is 12.4 Å². The Balaban J connectivity index is 1.74. The van der Waals surface area contributed by atoms with E-state index in [1.54, 1.807) is 12.1 Å². The maximum Gasteiger partial charge on any atom is 0.342 e. The summed E-state index contributed by atoms with van der Waals surface area (Å²) in [5, 5.41) is 3.47. The number of carbonyl (C=O) groups excluding carboxylic acids is 1. The number of para-hydroxylation sites is 1. The highest BCUT2D eigenvalue weighted by Gasteiger charge is 2.16. The molecule has 3 N–H and O–H groups in total. The van der Waals surface area contributed by atoms with Crippen LogP contribution in [-0.4, -0.2) is 28.0 Å². The summed E-state index contributed by atoms with van der Waals surface area (Å²) in [7, 11) is 1.45. The van der Waals surface area contributed by atoms with Crippen LogP contribution in [0.15, 0.2) is 42.5 Å². The van der Waals surface area contributed by atoms with Crippen molar-refractivity contribution >= 4 is 35.2 Å². The van der Waals surface area contributed by atoms with Crippen LogP contribution in [-0.2, 0) is 11.3 Å². The predicted octanol–water partition coefficient (Wildman–Crippen LogP) is 3.52. The van der Waals surface area contributed by atoms with Gasteiger partial charge >= 0.3 is 5.97 Å². The van der Waals surface area contributed by atoms with Crippen LogP contribution < -0.4 is 15.8 Å². The number of esters is 1. The molecule has 28 heavy (non-hydrogen) atoms. The summed E-state index contributed by atoms with van der Waals surface area (Å²) >= 11 is 5.95. The fraction of sp³-hybridized carbons (Fsp3) is 0.158. The van der Waals surface area contributed by atoms with Gasteiger partial charge in [0, 0.05) is 10.7 Å². The lowest BCUT2D eigenvalue weighted by Gasteiger charge is -2.11. The SMILES string of the molecule is COc1ccc(Cl)cc1C(=O)OCc1nc(N)nc(Nc2ccccc2C)n1. The van der Waals surface area contributed by atoms with Gasteiger partial charge in [0.2, 0.25) is 11.9 Å². The molecule has 0 aliphatic carbocycles. The Bertz CT molecular complexity index is 1010. The van der Waals surface area contributed by atoms with E-state index >= 15 is 0 Å². The second-order valence-electron chi connectivity index (χ2n) is 5.79. The molecule has 0 atom stereocenters. The molecule has 8 nitrogen and oxygen atoms in total. The Morgan fingerprint density at radius 2 is 1.96 bits per heavy atom. The van der Waals surface area contributed by atoms with Crippen LogP contribution in [0, 0.1) is 6.92 Å². The molecule has 0 aliphatic heterocycles. The number of nitrogen functional groups attached to an aromatic ring is 1.